The molecule has 0 aromatic carbocycles. The average molecular weight is 266 g/mol. The van der Waals surface area contributed by atoms with E-state index >= 15 is 0 Å². The summed E-state index contributed by atoms with van der Waals surface area (Å²) in [6, 6.07) is 2.28. The quantitative estimate of drug-likeness (QED) is 0.841. The van der Waals surface area contributed by atoms with E-state index in [1.807, 2.05) is 0 Å². The summed E-state index contributed by atoms with van der Waals surface area (Å²) < 4.78 is 0. The Morgan fingerprint density at radius 3 is 2.37 bits per heavy atom. The zero-order valence-corrected chi connectivity index (χ0v) is 13.7. The fourth-order valence-corrected chi connectivity index (χ4v) is 4.00. The lowest BCUT2D eigenvalue weighted by molar-refractivity contribution is 0.0225. The van der Waals surface area contributed by atoms with E-state index in [-0.39, 0.29) is 0 Å². The molecule has 0 bridgehead atoms. The van der Waals surface area contributed by atoms with Crippen LogP contribution >= 0.6 is 0 Å². The van der Waals surface area contributed by atoms with Gasteiger partial charge in [0.25, 0.3) is 0 Å². The van der Waals surface area contributed by atoms with E-state index < -0.39 is 0 Å². The normalized spacial score (nSPS) is 38.1. The van der Waals surface area contributed by atoms with E-state index in [1.165, 1.54) is 38.8 Å². The second-order valence-corrected chi connectivity index (χ2v) is 7.69. The molecule has 0 aromatic rings. The highest BCUT2D eigenvalue weighted by Gasteiger charge is 2.36. The molecule has 1 saturated heterocycles. The molecule has 0 amide bonds. The predicted octanol–water partition coefficient (Wildman–Crippen LogP) is 3.52. The molecule has 1 saturated carbocycles. The zero-order valence-electron chi connectivity index (χ0n) is 13.7. The fraction of sp³-hybridized carbons (Fsp3) is 1.00. The Kier molecular flexibility index (Phi) is 5.30. The van der Waals surface area contributed by atoms with Crippen molar-refractivity contribution in [3.05, 3.63) is 0 Å². The molecule has 4 atom stereocenters. The molecule has 2 aliphatic rings. The second-order valence-electron chi connectivity index (χ2n) is 7.69. The minimum atomic E-state index is 0.687. The molecule has 112 valence electrons. The van der Waals surface area contributed by atoms with Gasteiger partial charge in [-0.05, 0) is 30.6 Å². The Morgan fingerprint density at radius 2 is 1.79 bits per heavy atom. The molecule has 2 nitrogen and oxygen atoms in total. The lowest BCUT2D eigenvalue weighted by atomic mass is 9.83. The maximum absolute atomic E-state index is 3.79. The van der Waals surface area contributed by atoms with Crippen LogP contribution in [0.2, 0.25) is 0 Å². The van der Waals surface area contributed by atoms with Crippen LogP contribution in [0.3, 0.4) is 0 Å². The largest absolute Gasteiger partial charge is 0.311 e. The summed E-state index contributed by atoms with van der Waals surface area (Å²) in [6.45, 7) is 14.4. The third kappa shape index (κ3) is 3.72. The number of piperazine rings is 1. The summed E-state index contributed by atoms with van der Waals surface area (Å²) in [7, 11) is 0. The molecule has 1 aliphatic heterocycles. The number of hydrogen-bond acceptors (Lipinski definition) is 2. The van der Waals surface area contributed by atoms with Crippen molar-refractivity contribution >= 4 is 0 Å². The average Bonchev–Trinajstić information content (AvgIpc) is 2.37. The SMILES string of the molecule is CC1CCCC(N2CC(C(C)C)NCC2C(C)C)C1. The molecule has 4 unspecified atom stereocenters. The van der Waals surface area contributed by atoms with Gasteiger partial charge in [-0.25, -0.2) is 0 Å². The molecule has 1 N–H and O–H groups in total. The maximum Gasteiger partial charge on any atom is 0.0247 e. The highest BCUT2D eigenvalue weighted by atomic mass is 15.3. The Hall–Kier alpha value is -0.0800. The first-order chi connectivity index (χ1) is 8.99. The van der Waals surface area contributed by atoms with Gasteiger partial charge in [-0.1, -0.05) is 47.5 Å². The van der Waals surface area contributed by atoms with Crippen molar-refractivity contribution in [3.8, 4) is 0 Å². The smallest absolute Gasteiger partial charge is 0.0247 e. The summed E-state index contributed by atoms with van der Waals surface area (Å²) in [4.78, 5) is 2.88. The van der Waals surface area contributed by atoms with Crippen LogP contribution in [0.1, 0.15) is 60.3 Å². The first-order valence-electron chi connectivity index (χ1n) is 8.48. The number of rotatable bonds is 3. The van der Waals surface area contributed by atoms with Crippen molar-refractivity contribution < 1.29 is 0 Å². The van der Waals surface area contributed by atoms with Crippen molar-refractivity contribution in [2.75, 3.05) is 13.1 Å². The molecular weight excluding hydrogens is 232 g/mol. The van der Waals surface area contributed by atoms with Crippen molar-refractivity contribution in [1.29, 1.82) is 0 Å². The van der Waals surface area contributed by atoms with Crippen LogP contribution in [0.15, 0.2) is 0 Å². The van der Waals surface area contributed by atoms with E-state index in [0.29, 0.717) is 6.04 Å². The summed E-state index contributed by atoms with van der Waals surface area (Å²) in [5.41, 5.74) is 0. The standard InChI is InChI=1S/C17H34N2/c1-12(2)16-11-19(17(10-18-16)13(3)4)15-8-6-7-14(5)9-15/h12-18H,6-11H2,1-5H3. The molecule has 2 fully saturated rings. The van der Waals surface area contributed by atoms with Gasteiger partial charge in [0.05, 0.1) is 0 Å². The first kappa shape index (κ1) is 15.3. The molecule has 0 aromatic heterocycles. The molecule has 1 aliphatic carbocycles. The van der Waals surface area contributed by atoms with Crippen LogP contribution in [-0.2, 0) is 0 Å². The Balaban J connectivity index is 2.06. The molecule has 2 heteroatoms. The summed E-state index contributed by atoms with van der Waals surface area (Å²) >= 11 is 0. The monoisotopic (exact) mass is 266 g/mol. The van der Waals surface area contributed by atoms with Crippen LogP contribution in [0.5, 0.6) is 0 Å². The van der Waals surface area contributed by atoms with Crippen LogP contribution < -0.4 is 5.32 Å². The molecule has 0 radical (unpaired) electrons. The van der Waals surface area contributed by atoms with E-state index in [1.54, 1.807) is 0 Å². The molecule has 2 rings (SSSR count). The molecule has 1 heterocycles. The van der Waals surface area contributed by atoms with Gasteiger partial charge in [0.2, 0.25) is 0 Å². The topological polar surface area (TPSA) is 15.3 Å². The summed E-state index contributed by atoms with van der Waals surface area (Å²) in [6.07, 6.45) is 5.74. The summed E-state index contributed by atoms with van der Waals surface area (Å²) in [5.74, 6) is 2.44. The van der Waals surface area contributed by atoms with Crippen LogP contribution in [-0.4, -0.2) is 36.1 Å². The van der Waals surface area contributed by atoms with E-state index in [2.05, 4.69) is 44.8 Å². The van der Waals surface area contributed by atoms with Crippen molar-refractivity contribution in [2.24, 2.45) is 17.8 Å². The van der Waals surface area contributed by atoms with Gasteiger partial charge in [0.15, 0.2) is 0 Å². The van der Waals surface area contributed by atoms with Crippen LogP contribution in [0.4, 0.5) is 0 Å². The van der Waals surface area contributed by atoms with E-state index in [4.69, 9.17) is 0 Å². The summed E-state index contributed by atoms with van der Waals surface area (Å²) in [5, 5.41) is 3.79. The van der Waals surface area contributed by atoms with Gasteiger partial charge in [0, 0.05) is 31.2 Å². The van der Waals surface area contributed by atoms with Gasteiger partial charge in [-0.3, -0.25) is 4.90 Å². The molecule has 0 spiro atoms. The van der Waals surface area contributed by atoms with Gasteiger partial charge in [0.1, 0.15) is 0 Å². The third-order valence-electron chi connectivity index (χ3n) is 5.37. The van der Waals surface area contributed by atoms with Gasteiger partial charge < -0.3 is 5.32 Å². The molecule has 19 heavy (non-hydrogen) atoms. The van der Waals surface area contributed by atoms with E-state index in [9.17, 15) is 0 Å². The maximum atomic E-state index is 3.79. The van der Waals surface area contributed by atoms with Crippen molar-refractivity contribution in [2.45, 2.75) is 78.4 Å². The van der Waals surface area contributed by atoms with Crippen molar-refractivity contribution in [3.63, 3.8) is 0 Å². The third-order valence-corrected chi connectivity index (χ3v) is 5.37. The lowest BCUT2D eigenvalue weighted by Gasteiger charge is -2.49. The minimum absolute atomic E-state index is 0.687. The number of nitrogens with one attached hydrogen (secondary N) is 1. The van der Waals surface area contributed by atoms with E-state index in [0.717, 1.165) is 29.8 Å². The Labute approximate surface area is 120 Å². The Morgan fingerprint density at radius 1 is 1.05 bits per heavy atom. The van der Waals surface area contributed by atoms with Gasteiger partial charge in [-0.15, -0.1) is 0 Å². The van der Waals surface area contributed by atoms with Crippen LogP contribution in [0, 0.1) is 17.8 Å². The minimum Gasteiger partial charge on any atom is -0.311 e. The van der Waals surface area contributed by atoms with Gasteiger partial charge in [-0.2, -0.15) is 0 Å². The zero-order chi connectivity index (χ0) is 14.0. The Bertz CT molecular complexity index is 274. The first-order valence-corrected chi connectivity index (χ1v) is 8.48. The lowest BCUT2D eigenvalue weighted by Crippen LogP contribution is -2.62. The predicted molar refractivity (Wildman–Crippen MR) is 83.4 cm³/mol. The second kappa shape index (κ2) is 6.58. The number of hydrogen-bond donors (Lipinski definition) is 1. The van der Waals surface area contributed by atoms with Crippen LogP contribution in [0.25, 0.3) is 0 Å². The fourth-order valence-electron chi connectivity index (χ4n) is 4.00. The number of nitrogens with zero attached hydrogens (tertiary/aromatic N) is 1. The van der Waals surface area contributed by atoms with Crippen molar-refractivity contribution in [1.82, 2.24) is 10.2 Å². The highest BCUT2D eigenvalue weighted by molar-refractivity contribution is 4.93. The van der Waals surface area contributed by atoms with Gasteiger partial charge >= 0.3 is 0 Å². The molecular formula is C17H34N2. The highest BCUT2D eigenvalue weighted by Crippen LogP contribution is 2.31.